The molecule has 1 heterocycles. The Kier molecular flexibility index (Phi) is 7.04. The average molecular weight is 393 g/mol. The van der Waals surface area contributed by atoms with E-state index in [0.29, 0.717) is 18.1 Å². The third-order valence-corrected chi connectivity index (χ3v) is 3.37. The molecule has 0 unspecified atom stereocenters. The maximum Gasteiger partial charge on any atom is 0.191 e. The second-order valence-corrected chi connectivity index (χ2v) is 4.86. The zero-order chi connectivity index (χ0) is 13.7. The van der Waals surface area contributed by atoms with Gasteiger partial charge >= 0.3 is 0 Å². The van der Waals surface area contributed by atoms with Crippen molar-refractivity contribution in [2.75, 3.05) is 13.1 Å². The maximum absolute atomic E-state index is 13.2. The smallest absolute Gasteiger partial charge is 0.191 e. The SMILES string of the molecule is I.NC(=NCc1ccc(O)c(F)c1)N1CCCCCC1. The fourth-order valence-corrected chi connectivity index (χ4v) is 2.22. The summed E-state index contributed by atoms with van der Waals surface area (Å²) in [6.45, 7) is 2.22. The summed E-state index contributed by atoms with van der Waals surface area (Å²) in [5, 5.41) is 9.11. The maximum atomic E-state index is 13.2. The Morgan fingerprint density at radius 2 is 1.90 bits per heavy atom. The average Bonchev–Trinajstić information content (AvgIpc) is 2.69. The number of aliphatic imine (C=N–C) groups is 1. The first-order valence-corrected chi connectivity index (χ1v) is 6.69. The second-order valence-electron chi connectivity index (χ2n) is 4.86. The molecule has 20 heavy (non-hydrogen) atoms. The highest BCUT2D eigenvalue weighted by Gasteiger charge is 2.10. The van der Waals surface area contributed by atoms with Crippen LogP contribution in [0.4, 0.5) is 4.39 Å². The quantitative estimate of drug-likeness (QED) is 0.462. The van der Waals surface area contributed by atoms with Crippen molar-refractivity contribution in [1.29, 1.82) is 0 Å². The number of hydrogen-bond donors (Lipinski definition) is 2. The molecule has 0 atom stereocenters. The van der Waals surface area contributed by atoms with Gasteiger partial charge in [-0.25, -0.2) is 9.38 Å². The summed E-state index contributed by atoms with van der Waals surface area (Å²) < 4.78 is 13.2. The van der Waals surface area contributed by atoms with Crippen LogP contribution in [0, 0.1) is 5.82 Å². The third kappa shape index (κ3) is 4.81. The van der Waals surface area contributed by atoms with Gasteiger partial charge in [-0.3, -0.25) is 0 Å². The molecule has 1 aromatic carbocycles. The molecule has 4 nitrogen and oxygen atoms in total. The molecule has 1 aliphatic heterocycles. The molecule has 0 spiro atoms. The highest BCUT2D eigenvalue weighted by molar-refractivity contribution is 14.0. The van der Waals surface area contributed by atoms with Crippen LogP contribution >= 0.6 is 24.0 Å². The van der Waals surface area contributed by atoms with E-state index in [2.05, 4.69) is 9.89 Å². The molecule has 0 bridgehead atoms. The van der Waals surface area contributed by atoms with Gasteiger partial charge in [0.2, 0.25) is 0 Å². The molecule has 1 saturated heterocycles. The van der Waals surface area contributed by atoms with Gasteiger partial charge in [-0.1, -0.05) is 18.9 Å². The summed E-state index contributed by atoms with van der Waals surface area (Å²) in [5.74, 6) is -0.440. The highest BCUT2D eigenvalue weighted by atomic mass is 127. The van der Waals surface area contributed by atoms with E-state index in [-0.39, 0.29) is 29.7 Å². The van der Waals surface area contributed by atoms with E-state index in [0.717, 1.165) is 25.9 Å². The summed E-state index contributed by atoms with van der Waals surface area (Å²) in [5.41, 5.74) is 6.67. The minimum Gasteiger partial charge on any atom is -0.505 e. The first-order valence-electron chi connectivity index (χ1n) is 6.69. The lowest BCUT2D eigenvalue weighted by Gasteiger charge is -2.21. The fraction of sp³-hybridized carbons (Fsp3) is 0.500. The predicted molar refractivity (Wildman–Crippen MR) is 88.8 cm³/mol. The van der Waals surface area contributed by atoms with Crippen LogP contribution in [0.25, 0.3) is 0 Å². The first kappa shape index (κ1) is 17.0. The number of nitrogens with two attached hydrogens (primary N) is 1. The van der Waals surface area contributed by atoms with Crippen LogP contribution in [0.15, 0.2) is 23.2 Å². The lowest BCUT2D eigenvalue weighted by molar-refractivity contribution is 0.428. The molecule has 3 N–H and O–H groups in total. The van der Waals surface area contributed by atoms with Crippen LogP contribution in [0.1, 0.15) is 31.2 Å². The molecule has 6 heteroatoms. The van der Waals surface area contributed by atoms with Crippen molar-refractivity contribution in [3.63, 3.8) is 0 Å². The Morgan fingerprint density at radius 1 is 1.25 bits per heavy atom. The molecule has 1 fully saturated rings. The van der Waals surface area contributed by atoms with Gasteiger partial charge in [0.05, 0.1) is 6.54 Å². The number of phenolic OH excluding ortho intramolecular Hbond substituents is 1. The molecule has 0 amide bonds. The highest BCUT2D eigenvalue weighted by Crippen LogP contribution is 2.16. The van der Waals surface area contributed by atoms with Crippen LogP contribution < -0.4 is 5.73 Å². The van der Waals surface area contributed by atoms with Crippen molar-refractivity contribution < 1.29 is 9.50 Å². The number of benzene rings is 1. The number of guanidine groups is 1. The summed E-state index contributed by atoms with van der Waals surface area (Å²) in [6, 6.07) is 4.27. The van der Waals surface area contributed by atoms with Gasteiger partial charge < -0.3 is 15.7 Å². The van der Waals surface area contributed by atoms with Gasteiger partial charge in [-0.2, -0.15) is 0 Å². The van der Waals surface area contributed by atoms with Gasteiger partial charge in [0.15, 0.2) is 17.5 Å². The van der Waals surface area contributed by atoms with Crippen LogP contribution in [0.2, 0.25) is 0 Å². The number of likely N-dealkylation sites (tertiary alicyclic amines) is 1. The van der Waals surface area contributed by atoms with E-state index in [1.165, 1.54) is 25.0 Å². The molecular formula is C14H21FIN3O. The number of phenols is 1. The van der Waals surface area contributed by atoms with Crippen molar-refractivity contribution >= 4 is 29.9 Å². The van der Waals surface area contributed by atoms with E-state index < -0.39 is 5.82 Å². The van der Waals surface area contributed by atoms with Crippen LogP contribution in [-0.2, 0) is 6.54 Å². The number of nitrogens with zero attached hydrogens (tertiary/aromatic N) is 2. The summed E-state index contributed by atoms with van der Waals surface area (Å²) >= 11 is 0. The first-order chi connectivity index (χ1) is 9.16. The third-order valence-electron chi connectivity index (χ3n) is 3.37. The van der Waals surface area contributed by atoms with Crippen molar-refractivity contribution in [3.8, 4) is 5.75 Å². The minimum absolute atomic E-state index is 0. The fourth-order valence-electron chi connectivity index (χ4n) is 2.22. The minimum atomic E-state index is -0.624. The van der Waals surface area contributed by atoms with Crippen LogP contribution in [0.3, 0.4) is 0 Å². The number of halogens is 2. The van der Waals surface area contributed by atoms with Gasteiger partial charge in [0.25, 0.3) is 0 Å². The summed E-state index contributed by atoms with van der Waals surface area (Å²) in [6.07, 6.45) is 4.77. The Bertz CT molecular complexity index is 460. The molecule has 0 aliphatic carbocycles. The largest absolute Gasteiger partial charge is 0.505 e. The lowest BCUT2D eigenvalue weighted by atomic mass is 10.2. The predicted octanol–water partition coefficient (Wildman–Crippen LogP) is 2.84. The summed E-state index contributed by atoms with van der Waals surface area (Å²) in [4.78, 5) is 6.39. The van der Waals surface area contributed by atoms with Crippen LogP contribution in [-0.4, -0.2) is 29.1 Å². The number of aromatic hydroxyl groups is 1. The van der Waals surface area contributed by atoms with Gasteiger partial charge in [0.1, 0.15) is 0 Å². The molecule has 0 radical (unpaired) electrons. The Hall–Kier alpha value is -1.05. The monoisotopic (exact) mass is 393 g/mol. The van der Waals surface area contributed by atoms with Crippen LogP contribution in [0.5, 0.6) is 5.75 Å². The molecule has 1 aliphatic rings. The van der Waals surface area contributed by atoms with Gasteiger partial charge in [-0.15, -0.1) is 24.0 Å². The molecule has 2 rings (SSSR count). The van der Waals surface area contributed by atoms with Crippen molar-refractivity contribution in [1.82, 2.24) is 4.90 Å². The number of rotatable bonds is 2. The summed E-state index contributed by atoms with van der Waals surface area (Å²) in [7, 11) is 0. The lowest BCUT2D eigenvalue weighted by Crippen LogP contribution is -2.38. The van der Waals surface area contributed by atoms with Crippen molar-refractivity contribution in [2.45, 2.75) is 32.2 Å². The van der Waals surface area contributed by atoms with Crippen molar-refractivity contribution in [3.05, 3.63) is 29.6 Å². The van der Waals surface area contributed by atoms with E-state index >= 15 is 0 Å². The van der Waals surface area contributed by atoms with Gasteiger partial charge in [0, 0.05) is 13.1 Å². The molecule has 0 aromatic heterocycles. The Morgan fingerprint density at radius 3 is 2.50 bits per heavy atom. The normalized spacial score (nSPS) is 16.4. The van der Waals surface area contributed by atoms with E-state index in [9.17, 15) is 4.39 Å². The van der Waals surface area contributed by atoms with Crippen molar-refractivity contribution in [2.24, 2.45) is 10.7 Å². The zero-order valence-electron chi connectivity index (χ0n) is 11.4. The standard InChI is InChI=1S/C14H20FN3O.HI/c15-12-9-11(5-6-13(12)19)10-17-14(16)18-7-3-1-2-4-8-18;/h5-6,9,19H,1-4,7-8,10H2,(H2,16,17);1H. The second kappa shape index (κ2) is 8.28. The van der Waals surface area contributed by atoms with E-state index in [1.54, 1.807) is 6.07 Å². The van der Waals surface area contributed by atoms with Gasteiger partial charge in [-0.05, 0) is 30.5 Å². The molecule has 112 valence electrons. The van der Waals surface area contributed by atoms with E-state index in [4.69, 9.17) is 10.8 Å². The number of hydrogen-bond acceptors (Lipinski definition) is 2. The van der Waals surface area contributed by atoms with E-state index in [1.807, 2.05) is 0 Å². The zero-order valence-corrected chi connectivity index (χ0v) is 13.7. The Labute approximate surface area is 135 Å². The topological polar surface area (TPSA) is 61.9 Å². The molecular weight excluding hydrogens is 372 g/mol. The Balaban J connectivity index is 0.00000200. The molecule has 1 aromatic rings. The molecule has 0 saturated carbocycles.